The van der Waals surface area contributed by atoms with Crippen LogP contribution in [0.15, 0.2) is 108 Å². The van der Waals surface area contributed by atoms with Crippen LogP contribution in [0.4, 0.5) is 35.0 Å². The number of alkyl halides is 3. The van der Waals surface area contributed by atoms with Crippen LogP contribution in [-0.4, -0.2) is 64.8 Å². The lowest BCUT2D eigenvalue weighted by Gasteiger charge is -2.35. The molecular weight excluding hydrogens is 939 g/mol. The number of aromatic nitrogens is 2. The number of carbonyl (C=O) groups excluding carboxylic acids is 2. The van der Waals surface area contributed by atoms with E-state index in [1.165, 1.54) is 12.1 Å². The van der Waals surface area contributed by atoms with Gasteiger partial charge in [-0.2, -0.15) is 13.2 Å². The van der Waals surface area contributed by atoms with E-state index >= 15 is 0 Å². The van der Waals surface area contributed by atoms with Crippen LogP contribution in [0.25, 0.3) is 17.2 Å². The fraction of sp³-hybridized carbons (Fsp3) is 0.389. The van der Waals surface area contributed by atoms with Crippen molar-refractivity contribution >= 4 is 57.5 Å². The average Bonchev–Trinajstić information content (AvgIpc) is 4.10. The molecular formula is C54H59ClF3N5O6S. The van der Waals surface area contributed by atoms with Crippen molar-refractivity contribution in [3.63, 3.8) is 0 Å². The van der Waals surface area contributed by atoms with E-state index in [1.54, 1.807) is 12.5 Å². The highest BCUT2D eigenvalue weighted by molar-refractivity contribution is 7.84. The van der Waals surface area contributed by atoms with Crippen LogP contribution < -0.4 is 20.3 Å². The van der Waals surface area contributed by atoms with Gasteiger partial charge >= 0.3 is 12.3 Å². The number of ether oxygens (including phenoxy) is 3. The van der Waals surface area contributed by atoms with Crippen LogP contribution in [0.2, 0.25) is 5.02 Å². The normalized spacial score (nSPS) is 16.7. The maximum Gasteiger partial charge on any atom is 0.445 e. The molecule has 2 amide bonds. The monoisotopic (exact) mass is 997 g/mol. The number of anilines is 3. The van der Waals surface area contributed by atoms with E-state index in [4.69, 9.17) is 21.1 Å². The van der Waals surface area contributed by atoms with Gasteiger partial charge in [0.2, 0.25) is 0 Å². The molecule has 5 aromatic rings. The lowest BCUT2D eigenvalue weighted by atomic mass is 9.90. The Morgan fingerprint density at radius 2 is 1.76 bits per heavy atom. The highest BCUT2D eigenvalue weighted by Gasteiger charge is 2.62. The minimum Gasteiger partial charge on any atom is -0.491 e. The molecule has 2 N–H and O–H groups in total. The van der Waals surface area contributed by atoms with Crippen molar-refractivity contribution < 1.29 is 41.2 Å². The molecule has 1 saturated carbocycles. The van der Waals surface area contributed by atoms with Crippen LogP contribution in [-0.2, 0) is 43.0 Å². The number of rotatable bonds is 17. The molecule has 1 aliphatic carbocycles. The van der Waals surface area contributed by atoms with Crippen molar-refractivity contribution in [3.05, 3.63) is 125 Å². The summed E-state index contributed by atoms with van der Waals surface area (Å²) in [6, 6.07) is 25.8. The molecule has 1 aromatic heterocycles. The lowest BCUT2D eigenvalue weighted by molar-refractivity contribution is -0.239. The van der Waals surface area contributed by atoms with Gasteiger partial charge in [-0.3, -0.25) is 14.3 Å². The number of aryl methyl sites for hydroxylation is 1. The number of hydrogen-bond donors (Lipinski definition) is 2. The van der Waals surface area contributed by atoms with E-state index < -0.39 is 28.7 Å². The van der Waals surface area contributed by atoms with Gasteiger partial charge in [-0.05, 0) is 133 Å². The number of amides is 2. The molecule has 0 bridgehead atoms. The fourth-order valence-electron chi connectivity index (χ4n) is 7.97. The molecule has 2 atom stereocenters. The van der Waals surface area contributed by atoms with Gasteiger partial charge in [0.25, 0.3) is 11.5 Å². The quantitative estimate of drug-likeness (QED) is 0.0697. The molecule has 16 heteroatoms. The topological polar surface area (TPSA) is 124 Å². The molecule has 3 aliphatic rings. The van der Waals surface area contributed by atoms with Crippen molar-refractivity contribution in [3.8, 4) is 28.7 Å². The third-order valence-corrected chi connectivity index (χ3v) is 13.3. The Kier molecular flexibility index (Phi) is 17.5. The Hall–Kier alpha value is -6.08. The molecule has 0 spiro atoms. The number of fused-ring (bicyclic) bond motifs is 2. The lowest BCUT2D eigenvalue weighted by Crippen LogP contribution is -2.49. The Labute approximate surface area is 415 Å². The molecule has 11 nitrogen and oxygen atoms in total. The first-order chi connectivity index (χ1) is 33.7. The molecule has 0 radical (unpaired) electrons. The number of imidazole rings is 1. The summed E-state index contributed by atoms with van der Waals surface area (Å²) in [6.45, 7) is 13.1. The van der Waals surface area contributed by atoms with Crippen molar-refractivity contribution in [1.82, 2.24) is 9.55 Å². The number of benzene rings is 4. The zero-order chi connectivity index (χ0) is 49.8. The first kappa shape index (κ1) is 51.8. The summed E-state index contributed by atoms with van der Waals surface area (Å²) in [6.07, 6.45) is 4.88. The Balaban J connectivity index is 0.000000284. The Morgan fingerprint density at radius 1 is 1.00 bits per heavy atom. The Morgan fingerprint density at radius 3 is 2.46 bits per heavy atom. The number of hydrogen-bond acceptors (Lipinski definition) is 8. The molecule has 70 heavy (non-hydrogen) atoms. The number of halogens is 4. The molecule has 370 valence electrons. The van der Waals surface area contributed by atoms with E-state index in [0.717, 1.165) is 109 Å². The standard InChI is InChI=1S/C40H50N4O4S.C14H9ClF3NO2/c1-5-7-21-47-22-23-48-37-13-8-31(9-14-37)32-10-17-39-34(24-32)25-33(18-20-43(39)27-30(3)4)40(45)42-35-11-15-38(16-12-35)49(46)28-36-26-41-29-44(36)19-6-2;15-9-3-4-11-10(7-9)13(14(16,17)18,21-12(20)19-11)6-5-8-1-2-8/h8-17,24-26,29-30H,5-7,18-23,27-28H2,1-4H3,(H,42,45);3-4,7-8H,1-2H2,(H,19,20)/t49-;13-/m00/s1. The van der Waals surface area contributed by atoms with Crippen LogP contribution >= 0.6 is 11.6 Å². The predicted molar refractivity (Wildman–Crippen MR) is 270 cm³/mol. The maximum absolute atomic E-state index is 13.7. The molecule has 2 aliphatic heterocycles. The number of nitrogens with zero attached hydrogens (tertiary/aromatic N) is 3. The summed E-state index contributed by atoms with van der Waals surface area (Å²) in [4.78, 5) is 32.5. The number of nitrogens with one attached hydrogen (secondary N) is 2. The smallest absolute Gasteiger partial charge is 0.445 e. The number of unbranched alkanes of at least 4 members (excludes halogenated alkanes) is 1. The van der Waals surface area contributed by atoms with Gasteiger partial charge < -0.3 is 29.0 Å². The first-order valence-corrected chi connectivity index (χ1v) is 25.4. The summed E-state index contributed by atoms with van der Waals surface area (Å²) < 4.78 is 72.0. The van der Waals surface area contributed by atoms with Crippen molar-refractivity contribution in [2.75, 3.05) is 48.4 Å². The van der Waals surface area contributed by atoms with E-state index in [1.807, 2.05) is 42.5 Å². The summed E-state index contributed by atoms with van der Waals surface area (Å²) in [5, 5.41) is 5.42. The predicted octanol–water partition coefficient (Wildman–Crippen LogP) is 12.4. The summed E-state index contributed by atoms with van der Waals surface area (Å²) in [7, 11) is -1.21. The summed E-state index contributed by atoms with van der Waals surface area (Å²) in [5.41, 5.74) is 3.41. The van der Waals surface area contributed by atoms with E-state index in [0.29, 0.717) is 37.0 Å². The van der Waals surface area contributed by atoms with Gasteiger partial charge in [-0.15, -0.1) is 0 Å². The molecule has 0 saturated heterocycles. The van der Waals surface area contributed by atoms with Crippen LogP contribution in [0.5, 0.6) is 5.75 Å². The molecule has 0 unspecified atom stereocenters. The fourth-order valence-corrected chi connectivity index (χ4v) is 9.26. The number of cyclic esters (lactones) is 1. The molecule has 1 fully saturated rings. The van der Waals surface area contributed by atoms with Crippen LogP contribution in [0.3, 0.4) is 0 Å². The highest BCUT2D eigenvalue weighted by atomic mass is 35.5. The van der Waals surface area contributed by atoms with Gasteiger partial charge in [0.1, 0.15) is 12.4 Å². The third-order valence-electron chi connectivity index (χ3n) is 11.7. The van der Waals surface area contributed by atoms with Gasteiger partial charge in [-0.25, -0.2) is 9.78 Å². The molecule has 3 heterocycles. The van der Waals surface area contributed by atoms with Crippen LogP contribution in [0, 0.1) is 23.7 Å². The van der Waals surface area contributed by atoms with Crippen LogP contribution in [0.1, 0.15) is 83.0 Å². The van der Waals surface area contributed by atoms with Gasteiger partial charge in [0.05, 0.1) is 40.9 Å². The Bertz CT molecular complexity index is 2730. The second kappa shape index (κ2) is 23.7. The SMILES string of the molecule is CCCCOCCOc1ccc(-c2ccc3c(c2)C=C(C(=O)Nc2ccc([S@@](=O)Cc4cncn4CCC)cc2)CCN3CC(C)C)cc1.O=C1Nc2ccc(Cl)cc2[C@@](C#CC2CC2)(C(F)(F)F)O1. The van der Waals surface area contributed by atoms with E-state index in [2.05, 4.69) is 99.7 Å². The van der Waals surface area contributed by atoms with Crippen molar-refractivity contribution in [2.45, 2.75) is 95.2 Å². The molecule has 4 aromatic carbocycles. The summed E-state index contributed by atoms with van der Waals surface area (Å²) >= 11 is 5.78. The zero-order valence-electron chi connectivity index (χ0n) is 39.9. The minimum absolute atomic E-state index is 0.00179. The largest absolute Gasteiger partial charge is 0.491 e. The average molecular weight is 999 g/mol. The van der Waals surface area contributed by atoms with Crippen molar-refractivity contribution in [1.29, 1.82) is 0 Å². The second-order valence-corrected chi connectivity index (χ2v) is 19.7. The zero-order valence-corrected chi connectivity index (χ0v) is 41.4. The van der Waals surface area contributed by atoms with Gasteiger partial charge in [0.15, 0.2) is 0 Å². The minimum atomic E-state index is -4.87. The van der Waals surface area contributed by atoms with Gasteiger partial charge in [-0.1, -0.05) is 69.8 Å². The van der Waals surface area contributed by atoms with Gasteiger partial charge in [0, 0.05) is 70.8 Å². The summed E-state index contributed by atoms with van der Waals surface area (Å²) in [5.74, 6) is 6.17. The maximum atomic E-state index is 13.7. The first-order valence-electron chi connectivity index (χ1n) is 23.7. The molecule has 8 rings (SSSR count). The van der Waals surface area contributed by atoms with E-state index in [-0.39, 0.29) is 28.1 Å². The highest BCUT2D eigenvalue weighted by Crippen LogP contribution is 2.48. The van der Waals surface area contributed by atoms with Crippen molar-refractivity contribution in [2.24, 2.45) is 11.8 Å². The third kappa shape index (κ3) is 13.4. The second-order valence-electron chi connectivity index (χ2n) is 17.8. The number of carbonyl (C=O) groups is 2. The van der Waals surface area contributed by atoms with E-state index in [9.17, 15) is 27.0 Å².